The highest BCUT2D eigenvalue weighted by molar-refractivity contribution is 7.09. The van der Waals surface area contributed by atoms with Gasteiger partial charge >= 0.3 is 0 Å². The Kier molecular flexibility index (Phi) is 4.34. The van der Waals surface area contributed by atoms with Crippen LogP contribution in [0.3, 0.4) is 0 Å². The van der Waals surface area contributed by atoms with Crippen molar-refractivity contribution in [1.29, 1.82) is 0 Å². The number of anilines is 1. The van der Waals surface area contributed by atoms with E-state index in [4.69, 9.17) is 5.73 Å². The van der Waals surface area contributed by atoms with Crippen molar-refractivity contribution in [1.82, 2.24) is 9.36 Å². The van der Waals surface area contributed by atoms with Crippen molar-refractivity contribution < 1.29 is 0 Å². The number of rotatable bonds is 4. The molecule has 17 heavy (non-hydrogen) atoms. The van der Waals surface area contributed by atoms with E-state index in [1.165, 1.54) is 30.8 Å². The quantitative estimate of drug-likeness (QED) is 0.867. The highest BCUT2D eigenvalue weighted by Gasteiger charge is 2.19. The first-order valence-electron chi connectivity index (χ1n) is 6.48. The molecule has 5 heteroatoms. The summed E-state index contributed by atoms with van der Waals surface area (Å²) in [5.74, 6) is 2.05. The van der Waals surface area contributed by atoms with Crippen LogP contribution in [0, 0.1) is 5.92 Å². The third-order valence-corrected chi connectivity index (χ3v) is 4.01. The molecule has 3 N–H and O–H groups in total. The maximum atomic E-state index is 5.98. The molecule has 1 fully saturated rings. The number of nitrogens with zero attached hydrogens (tertiary/aromatic N) is 2. The summed E-state index contributed by atoms with van der Waals surface area (Å²) in [6, 6.07) is 0.399. The molecule has 1 heterocycles. The fourth-order valence-electron chi connectivity index (χ4n) is 2.29. The van der Waals surface area contributed by atoms with Gasteiger partial charge in [-0.2, -0.15) is 4.37 Å². The van der Waals surface area contributed by atoms with E-state index < -0.39 is 0 Å². The Balaban J connectivity index is 1.80. The minimum Gasteiger partial charge on any atom is -0.360 e. The molecule has 2 unspecified atom stereocenters. The molecule has 1 aliphatic carbocycles. The normalized spacial score (nSPS) is 25.2. The van der Waals surface area contributed by atoms with Gasteiger partial charge in [0.15, 0.2) is 0 Å². The first-order valence-corrected chi connectivity index (χ1v) is 7.25. The molecule has 0 radical (unpaired) electrons. The minimum absolute atomic E-state index is 0.399. The van der Waals surface area contributed by atoms with Crippen molar-refractivity contribution >= 4 is 16.7 Å². The van der Waals surface area contributed by atoms with Gasteiger partial charge in [0, 0.05) is 30.0 Å². The molecule has 0 amide bonds. The lowest BCUT2D eigenvalue weighted by atomic mass is 9.86. The molecule has 1 aromatic heterocycles. The Morgan fingerprint density at radius 1 is 1.47 bits per heavy atom. The molecule has 0 spiro atoms. The average Bonchev–Trinajstić information content (AvgIpc) is 2.75. The van der Waals surface area contributed by atoms with Crippen molar-refractivity contribution in [2.24, 2.45) is 11.7 Å². The van der Waals surface area contributed by atoms with Crippen LogP contribution in [-0.2, 0) is 0 Å². The number of hydrogen-bond donors (Lipinski definition) is 2. The standard InChI is InChI=1S/C12H22N4S/c1-8(2)11-15-12(17-16-11)14-7-9-4-3-5-10(13)6-9/h8-10H,3-7,13H2,1-2H3,(H,14,15,16). The fraction of sp³-hybridized carbons (Fsp3) is 0.833. The van der Waals surface area contributed by atoms with Crippen molar-refractivity contribution in [3.05, 3.63) is 5.82 Å². The van der Waals surface area contributed by atoms with Crippen LogP contribution >= 0.6 is 11.5 Å². The summed E-state index contributed by atoms with van der Waals surface area (Å²) in [6.07, 6.45) is 4.88. The van der Waals surface area contributed by atoms with Gasteiger partial charge in [-0.15, -0.1) is 0 Å². The van der Waals surface area contributed by atoms with E-state index in [1.807, 2.05) is 0 Å². The monoisotopic (exact) mass is 254 g/mol. The molecule has 1 aliphatic rings. The fourth-order valence-corrected chi connectivity index (χ4v) is 3.00. The Morgan fingerprint density at radius 2 is 2.29 bits per heavy atom. The molecule has 0 aromatic carbocycles. The minimum atomic E-state index is 0.399. The van der Waals surface area contributed by atoms with Crippen LogP contribution in [-0.4, -0.2) is 21.9 Å². The Hall–Kier alpha value is -0.680. The van der Waals surface area contributed by atoms with Gasteiger partial charge in [-0.05, 0) is 25.2 Å². The highest BCUT2D eigenvalue weighted by atomic mass is 32.1. The van der Waals surface area contributed by atoms with Gasteiger partial charge < -0.3 is 11.1 Å². The molecule has 96 valence electrons. The lowest BCUT2D eigenvalue weighted by Gasteiger charge is -2.26. The molecule has 1 saturated carbocycles. The zero-order valence-electron chi connectivity index (χ0n) is 10.6. The summed E-state index contributed by atoms with van der Waals surface area (Å²) in [7, 11) is 0. The Morgan fingerprint density at radius 3 is 2.94 bits per heavy atom. The summed E-state index contributed by atoms with van der Waals surface area (Å²) in [5.41, 5.74) is 5.98. The zero-order chi connectivity index (χ0) is 12.3. The maximum absolute atomic E-state index is 5.98. The smallest absolute Gasteiger partial charge is 0.202 e. The summed E-state index contributed by atoms with van der Waals surface area (Å²) in [5, 5.41) is 4.35. The molecule has 0 saturated heterocycles. The van der Waals surface area contributed by atoms with Crippen LogP contribution in [0.25, 0.3) is 0 Å². The van der Waals surface area contributed by atoms with E-state index in [-0.39, 0.29) is 0 Å². The van der Waals surface area contributed by atoms with Crippen LogP contribution in [0.15, 0.2) is 0 Å². The summed E-state index contributed by atoms with van der Waals surface area (Å²) >= 11 is 1.46. The van der Waals surface area contributed by atoms with Crippen LogP contribution < -0.4 is 11.1 Å². The lowest BCUT2D eigenvalue weighted by molar-refractivity contribution is 0.335. The third-order valence-electron chi connectivity index (χ3n) is 3.32. The average molecular weight is 254 g/mol. The van der Waals surface area contributed by atoms with E-state index in [2.05, 4.69) is 28.5 Å². The van der Waals surface area contributed by atoms with E-state index in [9.17, 15) is 0 Å². The summed E-state index contributed by atoms with van der Waals surface area (Å²) in [6.45, 7) is 5.22. The molecule has 1 aromatic rings. The maximum Gasteiger partial charge on any atom is 0.202 e. The first-order chi connectivity index (χ1) is 8.15. The summed E-state index contributed by atoms with van der Waals surface area (Å²) < 4.78 is 4.34. The van der Waals surface area contributed by atoms with Gasteiger partial charge in [0.05, 0.1) is 0 Å². The van der Waals surface area contributed by atoms with Crippen LogP contribution in [0.4, 0.5) is 5.13 Å². The molecular weight excluding hydrogens is 232 g/mol. The largest absolute Gasteiger partial charge is 0.360 e. The molecule has 0 aliphatic heterocycles. The summed E-state index contributed by atoms with van der Waals surface area (Å²) in [4.78, 5) is 4.48. The van der Waals surface area contributed by atoms with Crippen molar-refractivity contribution in [3.8, 4) is 0 Å². The van der Waals surface area contributed by atoms with Crippen LogP contribution in [0.2, 0.25) is 0 Å². The van der Waals surface area contributed by atoms with Gasteiger partial charge in [-0.3, -0.25) is 0 Å². The van der Waals surface area contributed by atoms with Crippen molar-refractivity contribution in [3.63, 3.8) is 0 Å². The lowest BCUT2D eigenvalue weighted by Crippen LogP contribution is -2.30. The van der Waals surface area contributed by atoms with Gasteiger partial charge in [-0.1, -0.05) is 20.3 Å². The Bertz CT molecular complexity index is 350. The third kappa shape index (κ3) is 3.64. The van der Waals surface area contributed by atoms with Gasteiger partial charge in [0.1, 0.15) is 5.82 Å². The topological polar surface area (TPSA) is 63.8 Å². The molecule has 2 atom stereocenters. The van der Waals surface area contributed by atoms with Crippen LogP contribution in [0.5, 0.6) is 0 Å². The Labute approximate surface area is 107 Å². The van der Waals surface area contributed by atoms with Gasteiger partial charge in [0.2, 0.25) is 5.13 Å². The first kappa shape index (κ1) is 12.8. The number of nitrogens with one attached hydrogen (secondary N) is 1. The molecule has 2 rings (SSSR count). The van der Waals surface area contributed by atoms with Gasteiger partial charge in [-0.25, -0.2) is 4.98 Å². The number of aromatic nitrogens is 2. The van der Waals surface area contributed by atoms with E-state index in [0.29, 0.717) is 17.9 Å². The van der Waals surface area contributed by atoms with E-state index >= 15 is 0 Å². The predicted octanol–water partition coefficient (Wildman–Crippen LogP) is 2.59. The van der Waals surface area contributed by atoms with Gasteiger partial charge in [0.25, 0.3) is 0 Å². The molecule has 4 nitrogen and oxygen atoms in total. The van der Waals surface area contributed by atoms with Crippen molar-refractivity contribution in [2.75, 3.05) is 11.9 Å². The van der Waals surface area contributed by atoms with Crippen molar-refractivity contribution in [2.45, 2.75) is 51.5 Å². The number of nitrogens with two attached hydrogens (primary N) is 1. The predicted molar refractivity (Wildman–Crippen MR) is 72.4 cm³/mol. The second kappa shape index (κ2) is 5.78. The molecule has 0 bridgehead atoms. The zero-order valence-corrected chi connectivity index (χ0v) is 11.5. The SMILES string of the molecule is CC(C)c1nsc(NCC2CCCC(N)C2)n1. The second-order valence-corrected chi connectivity index (χ2v) is 6.04. The van der Waals surface area contributed by atoms with E-state index in [0.717, 1.165) is 23.9 Å². The second-order valence-electron chi connectivity index (χ2n) is 5.29. The molecular formula is C12H22N4S. The van der Waals surface area contributed by atoms with E-state index in [1.54, 1.807) is 0 Å². The highest BCUT2D eigenvalue weighted by Crippen LogP contribution is 2.24. The van der Waals surface area contributed by atoms with Crippen LogP contribution in [0.1, 0.15) is 51.3 Å². The number of hydrogen-bond acceptors (Lipinski definition) is 5.